The fraction of sp³-hybridized carbons (Fsp3) is 0.667. The molecule has 1 aliphatic heterocycles. The Morgan fingerprint density at radius 3 is 2.19 bits per heavy atom. The average Bonchev–Trinajstić information content (AvgIpc) is 2.43. The largest absolute Gasteiger partial charge is 0.319 e. The quantitative estimate of drug-likeness (QED) is 0.861. The Bertz CT molecular complexity index is 381. The highest BCUT2D eigenvalue weighted by molar-refractivity contribution is 5.85. The fourth-order valence-corrected chi connectivity index (χ4v) is 3.15. The van der Waals surface area contributed by atoms with Crippen molar-refractivity contribution in [1.82, 2.24) is 10.2 Å². The van der Waals surface area contributed by atoms with E-state index in [1.807, 2.05) is 0 Å². The predicted octanol–water partition coefficient (Wildman–Crippen LogP) is 3.74. The number of nitrogens with one attached hydrogen (secondary N) is 1. The highest BCUT2D eigenvalue weighted by atomic mass is 35.5. The topological polar surface area (TPSA) is 15.3 Å². The second-order valence-corrected chi connectivity index (χ2v) is 6.69. The highest BCUT2D eigenvalue weighted by Gasteiger charge is 2.18. The van der Waals surface area contributed by atoms with Crippen LogP contribution in [0.1, 0.15) is 37.8 Å². The lowest BCUT2D eigenvalue weighted by atomic mass is 9.96. The van der Waals surface area contributed by atoms with Crippen LogP contribution in [0.15, 0.2) is 24.3 Å². The molecule has 0 unspecified atom stereocenters. The van der Waals surface area contributed by atoms with Crippen molar-refractivity contribution >= 4 is 12.4 Å². The molecule has 1 aromatic carbocycles. The molecule has 0 amide bonds. The van der Waals surface area contributed by atoms with Gasteiger partial charge in [0.15, 0.2) is 0 Å². The number of hydrogen-bond donors (Lipinski definition) is 1. The van der Waals surface area contributed by atoms with Gasteiger partial charge in [-0.15, -0.1) is 12.4 Å². The minimum Gasteiger partial charge on any atom is -0.319 e. The first-order valence-electron chi connectivity index (χ1n) is 8.12. The van der Waals surface area contributed by atoms with Gasteiger partial charge in [0.1, 0.15) is 0 Å². The maximum Gasteiger partial charge on any atom is 0.0233 e. The van der Waals surface area contributed by atoms with Gasteiger partial charge in [-0.1, -0.05) is 38.1 Å². The van der Waals surface area contributed by atoms with Gasteiger partial charge in [0.05, 0.1) is 0 Å². The summed E-state index contributed by atoms with van der Waals surface area (Å²) in [5, 5.41) is 3.31. The second-order valence-electron chi connectivity index (χ2n) is 6.69. The third-order valence-electron chi connectivity index (χ3n) is 4.27. The standard InChI is InChI=1S/C18H30N2.ClH/c1-15(2)12-16-4-6-18(7-5-16)14-20-10-8-17(9-11-20)13-19-3;/h4-7,15,17,19H,8-14H2,1-3H3;1H. The SMILES string of the molecule is CNCC1CCN(Cc2ccc(CC(C)C)cc2)CC1.Cl. The van der Waals surface area contributed by atoms with E-state index in [-0.39, 0.29) is 12.4 Å². The third kappa shape index (κ3) is 6.37. The molecule has 0 radical (unpaired) electrons. The summed E-state index contributed by atoms with van der Waals surface area (Å²) in [6, 6.07) is 9.25. The van der Waals surface area contributed by atoms with E-state index in [1.54, 1.807) is 0 Å². The van der Waals surface area contributed by atoms with Crippen molar-refractivity contribution in [2.45, 2.75) is 39.7 Å². The van der Waals surface area contributed by atoms with E-state index in [1.165, 1.54) is 50.0 Å². The highest BCUT2D eigenvalue weighted by Crippen LogP contribution is 2.19. The fourth-order valence-electron chi connectivity index (χ4n) is 3.15. The van der Waals surface area contributed by atoms with E-state index in [0.29, 0.717) is 0 Å². The van der Waals surface area contributed by atoms with Gasteiger partial charge < -0.3 is 5.32 Å². The molecule has 1 fully saturated rings. The summed E-state index contributed by atoms with van der Waals surface area (Å²) in [4.78, 5) is 2.60. The zero-order valence-corrected chi connectivity index (χ0v) is 14.6. The molecule has 0 bridgehead atoms. The van der Waals surface area contributed by atoms with Crippen LogP contribution in [-0.4, -0.2) is 31.6 Å². The van der Waals surface area contributed by atoms with Crippen molar-refractivity contribution in [3.05, 3.63) is 35.4 Å². The van der Waals surface area contributed by atoms with E-state index in [0.717, 1.165) is 18.4 Å². The van der Waals surface area contributed by atoms with Crippen molar-refractivity contribution < 1.29 is 0 Å². The summed E-state index contributed by atoms with van der Waals surface area (Å²) in [6.45, 7) is 9.36. The summed E-state index contributed by atoms with van der Waals surface area (Å²) in [7, 11) is 2.06. The lowest BCUT2D eigenvalue weighted by Crippen LogP contribution is -2.36. The first kappa shape index (κ1) is 18.5. The molecule has 2 rings (SSSR count). The Morgan fingerprint density at radius 1 is 1.10 bits per heavy atom. The molecule has 2 nitrogen and oxygen atoms in total. The van der Waals surface area contributed by atoms with Gasteiger partial charge in [0.2, 0.25) is 0 Å². The molecule has 21 heavy (non-hydrogen) atoms. The lowest BCUT2D eigenvalue weighted by Gasteiger charge is -2.31. The zero-order valence-electron chi connectivity index (χ0n) is 13.8. The molecule has 1 aromatic rings. The molecule has 0 aromatic heterocycles. The van der Waals surface area contributed by atoms with Crippen LogP contribution >= 0.6 is 12.4 Å². The first-order valence-corrected chi connectivity index (χ1v) is 8.12. The Hall–Kier alpha value is -0.570. The number of halogens is 1. The van der Waals surface area contributed by atoms with E-state index >= 15 is 0 Å². The van der Waals surface area contributed by atoms with Crippen LogP contribution in [0.4, 0.5) is 0 Å². The monoisotopic (exact) mass is 310 g/mol. The van der Waals surface area contributed by atoms with Crippen LogP contribution in [0.25, 0.3) is 0 Å². The number of benzene rings is 1. The maximum absolute atomic E-state index is 3.31. The minimum absolute atomic E-state index is 0. The van der Waals surface area contributed by atoms with E-state index in [2.05, 4.69) is 55.4 Å². The van der Waals surface area contributed by atoms with Gasteiger partial charge in [-0.2, -0.15) is 0 Å². The number of nitrogens with zero attached hydrogens (tertiary/aromatic N) is 1. The molecule has 1 saturated heterocycles. The van der Waals surface area contributed by atoms with Gasteiger partial charge >= 0.3 is 0 Å². The molecule has 120 valence electrons. The van der Waals surface area contributed by atoms with Crippen molar-refractivity contribution in [2.75, 3.05) is 26.7 Å². The molecule has 1 aliphatic rings. The van der Waals surface area contributed by atoms with Crippen molar-refractivity contribution in [3.63, 3.8) is 0 Å². The molecule has 3 heteroatoms. The van der Waals surface area contributed by atoms with Crippen molar-refractivity contribution in [1.29, 1.82) is 0 Å². The van der Waals surface area contributed by atoms with E-state index in [4.69, 9.17) is 0 Å². The Labute approximate surface area is 136 Å². The van der Waals surface area contributed by atoms with Gasteiger partial charge in [0, 0.05) is 6.54 Å². The second kappa shape index (κ2) is 9.45. The van der Waals surface area contributed by atoms with Crippen LogP contribution in [0.5, 0.6) is 0 Å². The summed E-state index contributed by atoms with van der Waals surface area (Å²) in [6.07, 6.45) is 3.87. The van der Waals surface area contributed by atoms with Crippen molar-refractivity contribution in [2.24, 2.45) is 11.8 Å². The third-order valence-corrected chi connectivity index (χ3v) is 4.27. The van der Waals surface area contributed by atoms with Gasteiger partial charge in [0.25, 0.3) is 0 Å². The number of rotatable bonds is 6. The van der Waals surface area contributed by atoms with Crippen molar-refractivity contribution in [3.8, 4) is 0 Å². The first-order chi connectivity index (χ1) is 9.67. The molecule has 0 saturated carbocycles. The summed E-state index contributed by atoms with van der Waals surface area (Å²) in [5.74, 6) is 1.62. The summed E-state index contributed by atoms with van der Waals surface area (Å²) >= 11 is 0. The van der Waals surface area contributed by atoms with E-state index < -0.39 is 0 Å². The van der Waals surface area contributed by atoms with Crippen LogP contribution < -0.4 is 5.32 Å². The molecule has 0 aliphatic carbocycles. The van der Waals surface area contributed by atoms with Crippen LogP contribution in [0.3, 0.4) is 0 Å². The lowest BCUT2D eigenvalue weighted by molar-refractivity contribution is 0.177. The van der Waals surface area contributed by atoms with Crippen LogP contribution in [0.2, 0.25) is 0 Å². The van der Waals surface area contributed by atoms with Gasteiger partial charge in [-0.25, -0.2) is 0 Å². The summed E-state index contributed by atoms with van der Waals surface area (Å²) in [5.41, 5.74) is 2.93. The van der Waals surface area contributed by atoms with Crippen LogP contribution in [-0.2, 0) is 13.0 Å². The molecule has 0 spiro atoms. The average molecular weight is 311 g/mol. The van der Waals surface area contributed by atoms with E-state index in [9.17, 15) is 0 Å². The Balaban J connectivity index is 0.00000220. The zero-order chi connectivity index (χ0) is 14.4. The maximum atomic E-state index is 3.31. The molecular formula is C18H31ClN2. The Kier molecular flexibility index (Phi) is 8.31. The van der Waals surface area contributed by atoms with Crippen LogP contribution in [0, 0.1) is 11.8 Å². The number of piperidine rings is 1. The normalized spacial score (nSPS) is 17.0. The minimum atomic E-state index is 0. The molecular weight excluding hydrogens is 280 g/mol. The molecule has 1 heterocycles. The van der Waals surface area contributed by atoms with Gasteiger partial charge in [-0.05, 0) is 68.9 Å². The summed E-state index contributed by atoms with van der Waals surface area (Å²) < 4.78 is 0. The molecule has 1 N–H and O–H groups in total. The predicted molar refractivity (Wildman–Crippen MR) is 94.2 cm³/mol. The van der Waals surface area contributed by atoms with Gasteiger partial charge in [-0.3, -0.25) is 4.90 Å². The number of likely N-dealkylation sites (tertiary alicyclic amines) is 1. The number of hydrogen-bond acceptors (Lipinski definition) is 2. The smallest absolute Gasteiger partial charge is 0.0233 e. The molecule has 0 atom stereocenters. The Morgan fingerprint density at radius 2 is 1.67 bits per heavy atom.